The standard InChI is InChI=1S/C25H25N3O3S/c29-24(20-6-12-23(13-7-20)31-18-19-4-2-1-3-5-19)27-25(32)26-21-8-10-22(11-9-21)28-14-16-30-17-15-28/h1-13H,14-18H2,(H2,26,27,29,32). The first-order valence-electron chi connectivity index (χ1n) is 10.5. The van der Waals surface area contributed by atoms with E-state index in [1.165, 1.54) is 0 Å². The number of ether oxygens (including phenoxy) is 2. The average Bonchev–Trinajstić information content (AvgIpc) is 2.84. The number of benzene rings is 3. The summed E-state index contributed by atoms with van der Waals surface area (Å²) in [5.74, 6) is 0.425. The molecule has 6 nitrogen and oxygen atoms in total. The maximum Gasteiger partial charge on any atom is 0.257 e. The predicted molar refractivity (Wildman–Crippen MR) is 130 cm³/mol. The summed E-state index contributed by atoms with van der Waals surface area (Å²) >= 11 is 5.30. The third kappa shape index (κ3) is 6.06. The maximum atomic E-state index is 12.5. The minimum Gasteiger partial charge on any atom is -0.489 e. The van der Waals surface area contributed by atoms with Gasteiger partial charge in [0.25, 0.3) is 5.91 Å². The summed E-state index contributed by atoms with van der Waals surface area (Å²) in [6.07, 6.45) is 0. The summed E-state index contributed by atoms with van der Waals surface area (Å²) in [5.41, 5.74) is 3.55. The first-order chi connectivity index (χ1) is 15.7. The highest BCUT2D eigenvalue weighted by Gasteiger charge is 2.12. The van der Waals surface area contributed by atoms with E-state index in [0.29, 0.717) is 17.9 Å². The Balaban J connectivity index is 1.26. The first kappa shape index (κ1) is 21.8. The Labute approximate surface area is 193 Å². The molecule has 0 aliphatic carbocycles. The molecule has 1 aliphatic heterocycles. The summed E-state index contributed by atoms with van der Waals surface area (Å²) < 4.78 is 11.1. The van der Waals surface area contributed by atoms with E-state index in [0.717, 1.165) is 43.2 Å². The van der Waals surface area contributed by atoms with Crippen molar-refractivity contribution in [3.63, 3.8) is 0 Å². The van der Waals surface area contributed by atoms with Crippen molar-refractivity contribution in [1.82, 2.24) is 5.32 Å². The van der Waals surface area contributed by atoms with Gasteiger partial charge in [-0.25, -0.2) is 0 Å². The number of thiocarbonyl (C=S) groups is 1. The van der Waals surface area contributed by atoms with E-state index in [1.54, 1.807) is 24.3 Å². The minimum atomic E-state index is -0.276. The van der Waals surface area contributed by atoms with Gasteiger partial charge in [0.05, 0.1) is 13.2 Å². The zero-order chi connectivity index (χ0) is 22.2. The third-order valence-corrected chi connectivity index (χ3v) is 5.30. The zero-order valence-corrected chi connectivity index (χ0v) is 18.4. The van der Waals surface area contributed by atoms with Gasteiger partial charge in [0.15, 0.2) is 5.11 Å². The lowest BCUT2D eigenvalue weighted by molar-refractivity contribution is 0.0977. The van der Waals surface area contributed by atoms with Crippen LogP contribution in [0.4, 0.5) is 11.4 Å². The Morgan fingerprint density at radius 1 is 0.938 bits per heavy atom. The van der Waals surface area contributed by atoms with Crippen LogP contribution < -0.4 is 20.3 Å². The minimum absolute atomic E-state index is 0.249. The molecule has 3 aromatic carbocycles. The average molecular weight is 448 g/mol. The lowest BCUT2D eigenvalue weighted by atomic mass is 10.2. The molecule has 0 bridgehead atoms. The normalized spacial score (nSPS) is 13.3. The molecular formula is C25H25N3O3S. The van der Waals surface area contributed by atoms with Crippen molar-refractivity contribution in [2.45, 2.75) is 6.61 Å². The second-order valence-electron chi connectivity index (χ2n) is 7.35. The maximum absolute atomic E-state index is 12.5. The number of carbonyl (C=O) groups excluding carboxylic acids is 1. The van der Waals surface area contributed by atoms with Crippen LogP contribution in [0.5, 0.6) is 5.75 Å². The fraction of sp³-hybridized carbons (Fsp3) is 0.200. The Morgan fingerprint density at radius 2 is 1.62 bits per heavy atom. The third-order valence-electron chi connectivity index (χ3n) is 5.09. The molecule has 1 amide bonds. The summed E-state index contributed by atoms with van der Waals surface area (Å²) in [5, 5.41) is 6.02. The number of hydrogen-bond acceptors (Lipinski definition) is 5. The molecule has 0 saturated carbocycles. The molecular weight excluding hydrogens is 422 g/mol. The summed E-state index contributed by atoms with van der Waals surface area (Å²) in [6, 6.07) is 24.9. The van der Waals surface area contributed by atoms with Gasteiger partial charge in [0.2, 0.25) is 0 Å². The Bertz CT molecular complexity index is 1030. The van der Waals surface area contributed by atoms with Crippen LogP contribution in [0.3, 0.4) is 0 Å². The van der Waals surface area contributed by atoms with E-state index in [4.69, 9.17) is 21.7 Å². The van der Waals surface area contributed by atoms with Crippen molar-refractivity contribution in [3.05, 3.63) is 90.0 Å². The molecule has 2 N–H and O–H groups in total. The lowest BCUT2D eigenvalue weighted by Gasteiger charge is -2.28. The van der Waals surface area contributed by atoms with Gasteiger partial charge in [0.1, 0.15) is 12.4 Å². The summed E-state index contributed by atoms with van der Waals surface area (Å²) in [7, 11) is 0. The largest absolute Gasteiger partial charge is 0.489 e. The van der Waals surface area contributed by atoms with Crippen molar-refractivity contribution in [1.29, 1.82) is 0 Å². The molecule has 164 valence electrons. The topological polar surface area (TPSA) is 62.8 Å². The molecule has 0 unspecified atom stereocenters. The van der Waals surface area contributed by atoms with Crippen LogP contribution in [0.25, 0.3) is 0 Å². The van der Waals surface area contributed by atoms with Crippen LogP contribution in [0.2, 0.25) is 0 Å². The van der Waals surface area contributed by atoms with E-state index in [2.05, 4.69) is 15.5 Å². The summed E-state index contributed by atoms with van der Waals surface area (Å²) in [4.78, 5) is 14.8. The highest BCUT2D eigenvalue weighted by atomic mass is 32.1. The number of morpholine rings is 1. The summed E-state index contributed by atoms with van der Waals surface area (Å²) in [6.45, 7) is 3.74. The number of rotatable bonds is 6. The molecule has 0 radical (unpaired) electrons. The fourth-order valence-electron chi connectivity index (χ4n) is 3.36. The fourth-order valence-corrected chi connectivity index (χ4v) is 3.57. The quantitative estimate of drug-likeness (QED) is 0.552. The number of amides is 1. The number of hydrogen-bond donors (Lipinski definition) is 2. The molecule has 1 heterocycles. The van der Waals surface area contributed by atoms with E-state index in [-0.39, 0.29) is 11.0 Å². The second kappa shape index (κ2) is 10.7. The Morgan fingerprint density at radius 3 is 2.31 bits per heavy atom. The van der Waals surface area contributed by atoms with Gasteiger partial charge < -0.3 is 19.7 Å². The number of anilines is 2. The van der Waals surface area contributed by atoms with Crippen molar-refractivity contribution in [2.75, 3.05) is 36.5 Å². The highest BCUT2D eigenvalue weighted by Crippen LogP contribution is 2.19. The van der Waals surface area contributed by atoms with E-state index in [1.807, 2.05) is 54.6 Å². The van der Waals surface area contributed by atoms with Gasteiger partial charge in [-0.1, -0.05) is 30.3 Å². The van der Waals surface area contributed by atoms with Gasteiger partial charge in [0, 0.05) is 30.0 Å². The van der Waals surface area contributed by atoms with E-state index in [9.17, 15) is 4.79 Å². The molecule has 3 aromatic rings. The van der Waals surface area contributed by atoms with Crippen LogP contribution in [-0.2, 0) is 11.3 Å². The molecule has 1 saturated heterocycles. The van der Waals surface area contributed by atoms with Gasteiger partial charge in [-0.2, -0.15) is 0 Å². The van der Waals surface area contributed by atoms with Crippen molar-refractivity contribution in [3.8, 4) is 5.75 Å². The van der Waals surface area contributed by atoms with E-state index < -0.39 is 0 Å². The number of carbonyl (C=O) groups is 1. The first-order valence-corrected chi connectivity index (χ1v) is 10.9. The van der Waals surface area contributed by atoms with Gasteiger partial charge >= 0.3 is 0 Å². The van der Waals surface area contributed by atoms with Crippen LogP contribution in [0.15, 0.2) is 78.9 Å². The second-order valence-corrected chi connectivity index (χ2v) is 7.76. The van der Waals surface area contributed by atoms with Crippen LogP contribution in [-0.4, -0.2) is 37.3 Å². The van der Waals surface area contributed by atoms with Gasteiger partial charge in [-0.05, 0) is 66.3 Å². The monoisotopic (exact) mass is 447 g/mol. The van der Waals surface area contributed by atoms with Crippen LogP contribution in [0.1, 0.15) is 15.9 Å². The van der Waals surface area contributed by atoms with Gasteiger partial charge in [-0.15, -0.1) is 0 Å². The molecule has 4 rings (SSSR count). The van der Waals surface area contributed by atoms with E-state index >= 15 is 0 Å². The number of nitrogens with zero attached hydrogens (tertiary/aromatic N) is 1. The molecule has 0 spiro atoms. The van der Waals surface area contributed by atoms with Crippen molar-refractivity contribution in [2.24, 2.45) is 0 Å². The highest BCUT2D eigenvalue weighted by molar-refractivity contribution is 7.80. The molecule has 32 heavy (non-hydrogen) atoms. The molecule has 1 aliphatic rings. The molecule has 1 fully saturated rings. The van der Waals surface area contributed by atoms with Gasteiger partial charge in [-0.3, -0.25) is 10.1 Å². The SMILES string of the molecule is O=C(NC(=S)Nc1ccc(N2CCOCC2)cc1)c1ccc(OCc2ccccc2)cc1. The Hall–Kier alpha value is -3.42. The Kier molecular flexibility index (Phi) is 7.32. The van der Waals surface area contributed by atoms with Crippen molar-refractivity contribution < 1.29 is 14.3 Å². The van der Waals surface area contributed by atoms with Crippen LogP contribution in [0, 0.1) is 0 Å². The molecule has 0 aromatic heterocycles. The van der Waals surface area contributed by atoms with Crippen LogP contribution >= 0.6 is 12.2 Å². The lowest BCUT2D eigenvalue weighted by Crippen LogP contribution is -2.36. The zero-order valence-electron chi connectivity index (χ0n) is 17.6. The smallest absolute Gasteiger partial charge is 0.257 e. The molecule has 7 heteroatoms. The van der Waals surface area contributed by atoms with Crippen molar-refractivity contribution >= 4 is 34.6 Å². The molecule has 0 atom stereocenters. The predicted octanol–water partition coefficient (Wildman–Crippen LogP) is 4.23. The number of nitrogens with one attached hydrogen (secondary N) is 2.